The van der Waals surface area contributed by atoms with Crippen LogP contribution in [-0.2, 0) is 9.53 Å². The topological polar surface area (TPSA) is 36.0 Å². The molecule has 0 bridgehead atoms. The average molecular weight is 352 g/mol. The first-order valence-corrected chi connectivity index (χ1v) is 10.4. The van der Waals surface area contributed by atoms with Crippen molar-refractivity contribution >= 4 is 5.91 Å². The minimum atomic E-state index is 0.163. The number of carbonyl (C=O) groups excluding carboxylic acids is 1. The van der Waals surface area contributed by atoms with Crippen LogP contribution in [0, 0.1) is 5.41 Å². The van der Waals surface area contributed by atoms with Gasteiger partial charge in [0.2, 0.25) is 5.91 Å². The molecule has 0 atom stereocenters. The van der Waals surface area contributed by atoms with Crippen LogP contribution in [0.1, 0.15) is 51.9 Å². The quantitative estimate of drug-likeness (QED) is 0.761. The van der Waals surface area contributed by atoms with Crippen LogP contribution in [0.25, 0.3) is 0 Å². The lowest BCUT2D eigenvalue weighted by Gasteiger charge is -2.49. The molecule has 144 valence electrons. The highest BCUT2D eigenvalue weighted by Crippen LogP contribution is 2.45. The van der Waals surface area contributed by atoms with Gasteiger partial charge in [0.1, 0.15) is 6.61 Å². The summed E-state index contributed by atoms with van der Waals surface area (Å²) in [6.07, 6.45) is 9.10. The predicted molar refractivity (Wildman–Crippen MR) is 101 cm³/mol. The number of likely N-dealkylation sites (tertiary alicyclic amines) is 1. The lowest BCUT2D eigenvalue weighted by molar-refractivity contribution is -0.138. The standard InChI is InChI=1S/C20H37N3O2/c1-3-10-21-13-15-22(16-14-21)18-4-6-20(7-5-18)8-11-23(12-9-20)19(24)17-25-2/h18H,3-17H2,1-2H3. The molecule has 0 aromatic carbocycles. The highest BCUT2D eigenvalue weighted by molar-refractivity contribution is 5.77. The zero-order valence-corrected chi connectivity index (χ0v) is 16.3. The predicted octanol–water partition coefficient (Wildman–Crippen LogP) is 2.21. The van der Waals surface area contributed by atoms with Gasteiger partial charge in [-0.2, -0.15) is 0 Å². The maximum atomic E-state index is 12.0. The summed E-state index contributed by atoms with van der Waals surface area (Å²) >= 11 is 0. The molecule has 0 aromatic rings. The van der Waals surface area contributed by atoms with E-state index in [1.165, 1.54) is 77.7 Å². The second-order valence-corrected chi connectivity index (χ2v) is 8.42. The second-order valence-electron chi connectivity index (χ2n) is 8.42. The third-order valence-corrected chi connectivity index (χ3v) is 6.92. The molecule has 5 heteroatoms. The molecule has 5 nitrogen and oxygen atoms in total. The molecule has 1 saturated carbocycles. The molecule has 0 aromatic heterocycles. The monoisotopic (exact) mass is 351 g/mol. The normalized spacial score (nSPS) is 26.2. The van der Waals surface area contributed by atoms with Gasteiger partial charge in [-0.3, -0.25) is 9.69 Å². The number of hydrogen-bond acceptors (Lipinski definition) is 4. The fourth-order valence-electron chi connectivity index (χ4n) is 5.19. The molecule has 3 fully saturated rings. The molecule has 1 spiro atoms. The number of ether oxygens (including phenoxy) is 1. The van der Waals surface area contributed by atoms with E-state index in [-0.39, 0.29) is 12.5 Å². The van der Waals surface area contributed by atoms with E-state index in [1.807, 2.05) is 4.90 Å². The molecule has 2 aliphatic heterocycles. The van der Waals surface area contributed by atoms with E-state index in [0.717, 1.165) is 19.1 Å². The third kappa shape index (κ3) is 4.75. The Balaban J connectivity index is 1.41. The van der Waals surface area contributed by atoms with E-state index in [1.54, 1.807) is 7.11 Å². The maximum absolute atomic E-state index is 12.0. The van der Waals surface area contributed by atoms with Crippen LogP contribution in [0.5, 0.6) is 0 Å². The van der Waals surface area contributed by atoms with E-state index in [4.69, 9.17) is 4.74 Å². The van der Waals surface area contributed by atoms with Crippen LogP contribution in [0.4, 0.5) is 0 Å². The van der Waals surface area contributed by atoms with Crippen molar-refractivity contribution in [2.45, 2.75) is 57.9 Å². The van der Waals surface area contributed by atoms with Crippen LogP contribution in [0.3, 0.4) is 0 Å². The summed E-state index contributed by atoms with van der Waals surface area (Å²) in [5.41, 5.74) is 0.518. The van der Waals surface area contributed by atoms with Crippen LogP contribution < -0.4 is 0 Å². The number of amides is 1. The lowest BCUT2D eigenvalue weighted by Crippen LogP contribution is -2.52. The first-order chi connectivity index (χ1) is 12.2. The number of carbonyl (C=O) groups is 1. The molecule has 3 rings (SSSR count). The van der Waals surface area contributed by atoms with Gasteiger partial charge >= 0.3 is 0 Å². The Kier molecular flexibility index (Phi) is 6.75. The molecule has 1 aliphatic carbocycles. The van der Waals surface area contributed by atoms with Gasteiger partial charge < -0.3 is 14.5 Å². The molecule has 0 unspecified atom stereocenters. The van der Waals surface area contributed by atoms with Crippen LogP contribution >= 0.6 is 0 Å². The van der Waals surface area contributed by atoms with Gasteiger partial charge in [-0.1, -0.05) is 6.92 Å². The first-order valence-electron chi connectivity index (χ1n) is 10.4. The Labute approximate surface area is 153 Å². The Bertz CT molecular complexity index is 417. The van der Waals surface area contributed by atoms with Gasteiger partial charge in [0.25, 0.3) is 0 Å². The molecule has 2 heterocycles. The van der Waals surface area contributed by atoms with Crippen molar-refractivity contribution in [2.75, 3.05) is 59.5 Å². The third-order valence-electron chi connectivity index (χ3n) is 6.92. The molecule has 1 amide bonds. The fourth-order valence-corrected chi connectivity index (χ4v) is 5.19. The van der Waals surface area contributed by atoms with E-state index < -0.39 is 0 Å². The van der Waals surface area contributed by atoms with Crippen LogP contribution in [-0.4, -0.2) is 86.2 Å². The Morgan fingerprint density at radius 2 is 1.64 bits per heavy atom. The molecular formula is C20H37N3O2. The van der Waals surface area contributed by atoms with Crippen molar-refractivity contribution in [3.63, 3.8) is 0 Å². The average Bonchev–Trinajstić information content (AvgIpc) is 2.64. The number of methoxy groups -OCH3 is 1. The highest BCUT2D eigenvalue weighted by atomic mass is 16.5. The Morgan fingerprint density at radius 1 is 1.00 bits per heavy atom. The SMILES string of the molecule is CCCN1CCN(C2CCC3(CC2)CCN(C(=O)COC)CC3)CC1. The number of nitrogens with zero attached hydrogens (tertiary/aromatic N) is 3. The van der Waals surface area contributed by atoms with Gasteiger partial charge in [0, 0.05) is 52.4 Å². The molecule has 2 saturated heterocycles. The summed E-state index contributed by atoms with van der Waals surface area (Å²) in [7, 11) is 1.60. The van der Waals surface area contributed by atoms with Gasteiger partial charge in [0.15, 0.2) is 0 Å². The minimum absolute atomic E-state index is 0.163. The second kappa shape index (κ2) is 8.83. The van der Waals surface area contributed by atoms with E-state index in [0.29, 0.717) is 5.41 Å². The number of rotatable bonds is 5. The van der Waals surface area contributed by atoms with Gasteiger partial charge in [0.05, 0.1) is 0 Å². The highest BCUT2D eigenvalue weighted by Gasteiger charge is 2.40. The number of hydrogen-bond donors (Lipinski definition) is 0. The number of piperidine rings is 1. The van der Waals surface area contributed by atoms with Crippen molar-refractivity contribution in [2.24, 2.45) is 5.41 Å². The van der Waals surface area contributed by atoms with Gasteiger partial charge in [-0.15, -0.1) is 0 Å². The molecule has 0 radical (unpaired) electrons. The maximum Gasteiger partial charge on any atom is 0.248 e. The summed E-state index contributed by atoms with van der Waals surface area (Å²) in [4.78, 5) is 19.4. The first kappa shape index (κ1) is 19.1. The molecular weight excluding hydrogens is 314 g/mol. The summed E-state index contributed by atoms with van der Waals surface area (Å²) in [6.45, 7) is 10.7. The summed E-state index contributed by atoms with van der Waals surface area (Å²) in [5, 5.41) is 0. The van der Waals surface area contributed by atoms with Crippen molar-refractivity contribution < 1.29 is 9.53 Å². The Hall–Kier alpha value is -0.650. The fraction of sp³-hybridized carbons (Fsp3) is 0.950. The van der Waals surface area contributed by atoms with Gasteiger partial charge in [-0.25, -0.2) is 0 Å². The Morgan fingerprint density at radius 3 is 2.20 bits per heavy atom. The van der Waals surface area contributed by atoms with Crippen molar-refractivity contribution in [3.05, 3.63) is 0 Å². The van der Waals surface area contributed by atoms with Crippen molar-refractivity contribution in [3.8, 4) is 0 Å². The zero-order chi connectivity index (χ0) is 17.7. The zero-order valence-electron chi connectivity index (χ0n) is 16.3. The molecule has 3 aliphatic rings. The molecule has 25 heavy (non-hydrogen) atoms. The van der Waals surface area contributed by atoms with E-state index in [2.05, 4.69) is 16.7 Å². The lowest BCUT2D eigenvalue weighted by atomic mass is 9.66. The largest absolute Gasteiger partial charge is 0.375 e. The van der Waals surface area contributed by atoms with E-state index in [9.17, 15) is 4.79 Å². The van der Waals surface area contributed by atoms with Crippen LogP contribution in [0.15, 0.2) is 0 Å². The number of piperazine rings is 1. The summed E-state index contributed by atoms with van der Waals surface area (Å²) in [5.74, 6) is 0.163. The molecule has 0 N–H and O–H groups in total. The van der Waals surface area contributed by atoms with E-state index >= 15 is 0 Å². The van der Waals surface area contributed by atoms with Crippen molar-refractivity contribution in [1.82, 2.24) is 14.7 Å². The minimum Gasteiger partial charge on any atom is -0.375 e. The summed E-state index contributed by atoms with van der Waals surface area (Å²) in [6, 6.07) is 0.808. The smallest absolute Gasteiger partial charge is 0.248 e. The summed E-state index contributed by atoms with van der Waals surface area (Å²) < 4.78 is 5.00. The van der Waals surface area contributed by atoms with Crippen LogP contribution in [0.2, 0.25) is 0 Å². The van der Waals surface area contributed by atoms with Gasteiger partial charge in [-0.05, 0) is 56.9 Å². The van der Waals surface area contributed by atoms with Crippen molar-refractivity contribution in [1.29, 1.82) is 0 Å².